The van der Waals surface area contributed by atoms with Gasteiger partial charge in [-0.25, -0.2) is 0 Å². The SMILES string of the molecule is CCC(N)(CC)COCc1cc(C)no1. The number of rotatable bonds is 6. The second-order valence-corrected chi connectivity index (χ2v) is 4.00. The third-order valence-electron chi connectivity index (χ3n) is 2.72. The first kappa shape index (κ1) is 12.2. The van der Waals surface area contributed by atoms with Crippen LogP contribution in [0.4, 0.5) is 0 Å². The van der Waals surface area contributed by atoms with Gasteiger partial charge in [0.25, 0.3) is 0 Å². The van der Waals surface area contributed by atoms with Gasteiger partial charge in [-0.15, -0.1) is 0 Å². The average Bonchev–Trinajstić information content (AvgIpc) is 2.64. The number of ether oxygens (including phenoxy) is 1. The van der Waals surface area contributed by atoms with Gasteiger partial charge in [-0.1, -0.05) is 19.0 Å². The van der Waals surface area contributed by atoms with Crippen molar-refractivity contribution < 1.29 is 9.26 Å². The Hall–Kier alpha value is -0.870. The van der Waals surface area contributed by atoms with E-state index in [1.54, 1.807) is 0 Å². The largest absolute Gasteiger partial charge is 0.371 e. The molecular formula is C11H20N2O2. The van der Waals surface area contributed by atoms with Crippen LogP contribution in [0.1, 0.15) is 38.1 Å². The first-order chi connectivity index (χ1) is 7.09. The molecule has 1 aromatic rings. The van der Waals surface area contributed by atoms with Gasteiger partial charge < -0.3 is 15.0 Å². The highest BCUT2D eigenvalue weighted by atomic mass is 16.5. The monoisotopic (exact) mass is 212 g/mol. The molecule has 15 heavy (non-hydrogen) atoms. The molecule has 4 nitrogen and oxygen atoms in total. The molecule has 0 radical (unpaired) electrons. The van der Waals surface area contributed by atoms with Crippen molar-refractivity contribution in [2.24, 2.45) is 5.73 Å². The second kappa shape index (κ2) is 5.28. The highest BCUT2D eigenvalue weighted by Gasteiger charge is 2.20. The molecule has 0 aliphatic heterocycles. The molecule has 0 saturated carbocycles. The van der Waals surface area contributed by atoms with Gasteiger partial charge in [-0.2, -0.15) is 0 Å². The lowest BCUT2D eigenvalue weighted by atomic mass is 9.96. The van der Waals surface area contributed by atoms with E-state index in [1.165, 1.54) is 0 Å². The summed E-state index contributed by atoms with van der Waals surface area (Å²) in [6, 6.07) is 1.87. The molecule has 0 aromatic carbocycles. The Kier molecular flexibility index (Phi) is 4.29. The van der Waals surface area contributed by atoms with E-state index in [-0.39, 0.29) is 5.54 Å². The molecule has 0 fully saturated rings. The highest BCUT2D eigenvalue weighted by molar-refractivity contribution is 5.01. The topological polar surface area (TPSA) is 61.3 Å². The molecule has 0 saturated heterocycles. The van der Waals surface area contributed by atoms with Crippen molar-refractivity contribution in [1.82, 2.24) is 5.16 Å². The maximum Gasteiger partial charge on any atom is 0.162 e. The lowest BCUT2D eigenvalue weighted by molar-refractivity contribution is 0.0566. The maximum atomic E-state index is 6.09. The summed E-state index contributed by atoms with van der Waals surface area (Å²) in [6.45, 7) is 7.04. The Bertz CT molecular complexity index is 293. The van der Waals surface area contributed by atoms with Crippen LogP contribution >= 0.6 is 0 Å². The summed E-state index contributed by atoms with van der Waals surface area (Å²) in [5, 5.41) is 3.79. The van der Waals surface area contributed by atoms with Gasteiger partial charge in [-0.3, -0.25) is 0 Å². The smallest absolute Gasteiger partial charge is 0.162 e. The summed E-state index contributed by atoms with van der Waals surface area (Å²) in [7, 11) is 0. The van der Waals surface area contributed by atoms with Crippen molar-refractivity contribution in [1.29, 1.82) is 0 Å². The Morgan fingerprint density at radius 1 is 1.47 bits per heavy atom. The van der Waals surface area contributed by atoms with Crippen molar-refractivity contribution in [2.75, 3.05) is 6.61 Å². The summed E-state index contributed by atoms with van der Waals surface area (Å²) >= 11 is 0. The number of hydrogen-bond acceptors (Lipinski definition) is 4. The van der Waals surface area contributed by atoms with E-state index in [1.807, 2.05) is 13.0 Å². The third kappa shape index (κ3) is 3.64. The molecule has 0 atom stereocenters. The van der Waals surface area contributed by atoms with Gasteiger partial charge in [0.2, 0.25) is 0 Å². The molecule has 1 aromatic heterocycles. The van der Waals surface area contributed by atoms with Crippen LogP contribution in [0.2, 0.25) is 0 Å². The van der Waals surface area contributed by atoms with Crippen molar-refractivity contribution >= 4 is 0 Å². The van der Waals surface area contributed by atoms with Crippen molar-refractivity contribution in [3.63, 3.8) is 0 Å². The number of aromatic nitrogens is 1. The van der Waals surface area contributed by atoms with E-state index < -0.39 is 0 Å². The van der Waals surface area contributed by atoms with Gasteiger partial charge in [0.1, 0.15) is 6.61 Å². The number of nitrogens with two attached hydrogens (primary N) is 1. The zero-order valence-electron chi connectivity index (χ0n) is 9.75. The maximum absolute atomic E-state index is 6.09. The van der Waals surface area contributed by atoms with Crippen LogP contribution in [-0.2, 0) is 11.3 Å². The van der Waals surface area contributed by atoms with E-state index in [2.05, 4.69) is 19.0 Å². The normalized spacial score (nSPS) is 12.0. The number of hydrogen-bond donors (Lipinski definition) is 1. The molecule has 0 aliphatic carbocycles. The van der Waals surface area contributed by atoms with Crippen LogP contribution in [0.25, 0.3) is 0 Å². The molecule has 0 amide bonds. The van der Waals surface area contributed by atoms with Gasteiger partial charge in [-0.05, 0) is 19.8 Å². The van der Waals surface area contributed by atoms with Gasteiger partial charge in [0.05, 0.1) is 12.3 Å². The molecule has 0 unspecified atom stereocenters. The minimum absolute atomic E-state index is 0.213. The van der Waals surface area contributed by atoms with Crippen LogP contribution in [0.5, 0.6) is 0 Å². The first-order valence-electron chi connectivity index (χ1n) is 5.38. The standard InChI is InChI=1S/C11H20N2O2/c1-4-11(12,5-2)8-14-7-10-6-9(3)13-15-10/h6H,4-5,7-8,12H2,1-3H3. The quantitative estimate of drug-likeness (QED) is 0.783. The third-order valence-corrected chi connectivity index (χ3v) is 2.72. The van der Waals surface area contributed by atoms with Crippen LogP contribution in [0.3, 0.4) is 0 Å². The van der Waals surface area contributed by atoms with Crippen LogP contribution in [0.15, 0.2) is 10.6 Å². The van der Waals surface area contributed by atoms with E-state index in [0.717, 1.165) is 24.3 Å². The van der Waals surface area contributed by atoms with Crippen LogP contribution in [0, 0.1) is 6.92 Å². The Balaban J connectivity index is 2.32. The fraction of sp³-hybridized carbons (Fsp3) is 0.727. The van der Waals surface area contributed by atoms with Crippen LogP contribution in [-0.4, -0.2) is 17.3 Å². The van der Waals surface area contributed by atoms with E-state index in [9.17, 15) is 0 Å². The van der Waals surface area contributed by atoms with Gasteiger partial charge in [0.15, 0.2) is 5.76 Å². The summed E-state index contributed by atoms with van der Waals surface area (Å²) in [4.78, 5) is 0. The van der Waals surface area contributed by atoms with Gasteiger partial charge >= 0.3 is 0 Å². The van der Waals surface area contributed by atoms with Gasteiger partial charge in [0, 0.05) is 11.6 Å². The Morgan fingerprint density at radius 2 is 2.13 bits per heavy atom. The minimum Gasteiger partial charge on any atom is -0.371 e. The summed E-state index contributed by atoms with van der Waals surface area (Å²) in [6.07, 6.45) is 1.83. The Morgan fingerprint density at radius 3 is 2.60 bits per heavy atom. The van der Waals surface area contributed by atoms with E-state index in [0.29, 0.717) is 13.2 Å². The lowest BCUT2D eigenvalue weighted by Crippen LogP contribution is -2.43. The molecule has 0 spiro atoms. The highest BCUT2D eigenvalue weighted by Crippen LogP contribution is 2.13. The molecule has 2 N–H and O–H groups in total. The number of nitrogens with zero attached hydrogens (tertiary/aromatic N) is 1. The zero-order chi connectivity index (χ0) is 11.3. The predicted molar refractivity (Wildman–Crippen MR) is 58.4 cm³/mol. The molecule has 1 rings (SSSR count). The summed E-state index contributed by atoms with van der Waals surface area (Å²) in [5.74, 6) is 0.752. The fourth-order valence-electron chi connectivity index (χ4n) is 1.29. The van der Waals surface area contributed by atoms with Crippen molar-refractivity contribution in [2.45, 2.75) is 45.8 Å². The zero-order valence-corrected chi connectivity index (χ0v) is 9.75. The average molecular weight is 212 g/mol. The molecule has 4 heteroatoms. The number of aryl methyl sites for hydroxylation is 1. The molecular weight excluding hydrogens is 192 g/mol. The second-order valence-electron chi connectivity index (χ2n) is 4.00. The van der Waals surface area contributed by atoms with E-state index >= 15 is 0 Å². The molecule has 0 bridgehead atoms. The summed E-state index contributed by atoms with van der Waals surface area (Å²) in [5.41, 5.74) is 6.76. The van der Waals surface area contributed by atoms with Crippen molar-refractivity contribution in [3.8, 4) is 0 Å². The Labute approximate surface area is 90.8 Å². The van der Waals surface area contributed by atoms with Crippen molar-refractivity contribution in [3.05, 3.63) is 17.5 Å². The van der Waals surface area contributed by atoms with E-state index in [4.69, 9.17) is 15.0 Å². The molecule has 1 heterocycles. The molecule has 0 aliphatic rings. The van der Waals surface area contributed by atoms with Crippen LogP contribution < -0.4 is 5.73 Å². The minimum atomic E-state index is -0.213. The molecule has 86 valence electrons. The predicted octanol–water partition coefficient (Wildman–Crippen LogP) is 2.02. The summed E-state index contributed by atoms with van der Waals surface area (Å²) < 4.78 is 10.6. The lowest BCUT2D eigenvalue weighted by Gasteiger charge is -2.25. The first-order valence-corrected chi connectivity index (χ1v) is 5.38. The fourth-order valence-corrected chi connectivity index (χ4v) is 1.29.